The number of aromatic hydroxyl groups is 1. The highest BCUT2D eigenvalue weighted by atomic mass is 79.9. The van der Waals surface area contributed by atoms with Gasteiger partial charge >= 0.3 is 0 Å². The number of benzene rings is 1. The van der Waals surface area contributed by atoms with Crippen molar-refractivity contribution in [2.24, 2.45) is 0 Å². The van der Waals surface area contributed by atoms with Crippen molar-refractivity contribution in [3.63, 3.8) is 0 Å². The summed E-state index contributed by atoms with van der Waals surface area (Å²) in [5, 5.41) is 22.5. The molecule has 2 rings (SSSR count). The summed E-state index contributed by atoms with van der Waals surface area (Å²) >= 11 is 9.19. The number of aliphatic hydroxyl groups excluding tert-OH is 1. The van der Waals surface area contributed by atoms with Crippen molar-refractivity contribution >= 4 is 27.5 Å². The van der Waals surface area contributed by atoms with Gasteiger partial charge in [-0.1, -0.05) is 27.5 Å². The minimum atomic E-state index is -0.138. The Morgan fingerprint density at radius 2 is 2.12 bits per heavy atom. The summed E-state index contributed by atoms with van der Waals surface area (Å²) in [7, 11) is 0. The van der Waals surface area contributed by atoms with E-state index < -0.39 is 0 Å². The highest BCUT2D eigenvalue weighted by Crippen LogP contribution is 2.36. The van der Waals surface area contributed by atoms with Crippen LogP contribution in [0.15, 0.2) is 16.6 Å². The first-order chi connectivity index (χ1) is 7.56. The Morgan fingerprint density at radius 3 is 2.69 bits per heavy atom. The van der Waals surface area contributed by atoms with E-state index in [2.05, 4.69) is 21.2 Å². The van der Waals surface area contributed by atoms with E-state index in [1.54, 1.807) is 6.07 Å². The molecular formula is C11H13BrClNO2. The minimum Gasteiger partial charge on any atom is -0.506 e. The maximum atomic E-state index is 9.76. The number of phenols is 1. The molecule has 0 amide bonds. The zero-order valence-electron chi connectivity index (χ0n) is 8.63. The van der Waals surface area contributed by atoms with Crippen LogP contribution in [0.25, 0.3) is 0 Å². The first-order valence-electron chi connectivity index (χ1n) is 5.09. The highest BCUT2D eigenvalue weighted by Gasteiger charge is 2.41. The van der Waals surface area contributed by atoms with Crippen molar-refractivity contribution in [2.75, 3.05) is 6.61 Å². The molecule has 3 N–H and O–H groups in total. The van der Waals surface area contributed by atoms with E-state index in [1.165, 1.54) is 0 Å². The second kappa shape index (κ2) is 4.53. The average molecular weight is 307 g/mol. The lowest BCUT2D eigenvalue weighted by molar-refractivity contribution is 0.229. The van der Waals surface area contributed by atoms with Crippen LogP contribution in [0.4, 0.5) is 0 Å². The molecule has 1 fully saturated rings. The molecule has 0 unspecified atom stereocenters. The Labute approximate surface area is 108 Å². The predicted molar refractivity (Wildman–Crippen MR) is 66.7 cm³/mol. The van der Waals surface area contributed by atoms with Gasteiger partial charge in [0.15, 0.2) is 0 Å². The predicted octanol–water partition coefficient (Wildman–Crippen LogP) is 2.42. The Balaban J connectivity index is 2.09. The van der Waals surface area contributed by atoms with Crippen LogP contribution >= 0.6 is 27.5 Å². The van der Waals surface area contributed by atoms with E-state index in [9.17, 15) is 5.11 Å². The van der Waals surface area contributed by atoms with Gasteiger partial charge in [0.2, 0.25) is 0 Å². The number of nitrogens with one attached hydrogen (secondary N) is 1. The van der Waals surface area contributed by atoms with Crippen LogP contribution in [0.3, 0.4) is 0 Å². The summed E-state index contributed by atoms with van der Waals surface area (Å²) in [4.78, 5) is 0. The fraction of sp³-hybridized carbons (Fsp3) is 0.455. The molecule has 0 bridgehead atoms. The van der Waals surface area contributed by atoms with Crippen LogP contribution in [0.1, 0.15) is 18.4 Å². The number of rotatable bonds is 4. The molecule has 1 aromatic rings. The van der Waals surface area contributed by atoms with Crippen molar-refractivity contribution in [3.8, 4) is 5.75 Å². The van der Waals surface area contributed by atoms with Gasteiger partial charge < -0.3 is 15.5 Å². The Kier molecular flexibility index (Phi) is 3.45. The third-order valence-electron chi connectivity index (χ3n) is 2.92. The van der Waals surface area contributed by atoms with E-state index in [-0.39, 0.29) is 17.9 Å². The number of phenolic OH excluding ortho intramolecular Hbond substituents is 1. The van der Waals surface area contributed by atoms with Crippen LogP contribution in [0.2, 0.25) is 5.02 Å². The largest absolute Gasteiger partial charge is 0.506 e. The van der Waals surface area contributed by atoms with Gasteiger partial charge in [0.05, 0.1) is 11.6 Å². The smallest absolute Gasteiger partial charge is 0.138 e. The van der Waals surface area contributed by atoms with Crippen LogP contribution in [0.5, 0.6) is 5.75 Å². The van der Waals surface area contributed by atoms with Gasteiger partial charge in [0.1, 0.15) is 5.75 Å². The van der Waals surface area contributed by atoms with Crippen LogP contribution in [-0.4, -0.2) is 22.4 Å². The minimum absolute atomic E-state index is 0.103. The fourth-order valence-corrected chi connectivity index (χ4v) is 2.45. The molecule has 1 aliphatic carbocycles. The summed E-state index contributed by atoms with van der Waals surface area (Å²) in [6.45, 7) is 0.640. The molecule has 0 aliphatic heterocycles. The third-order valence-corrected chi connectivity index (χ3v) is 3.66. The van der Waals surface area contributed by atoms with Crippen LogP contribution < -0.4 is 5.32 Å². The number of hydrogen-bond acceptors (Lipinski definition) is 3. The average Bonchev–Trinajstić information content (AvgIpc) is 3.02. The number of halogens is 2. The van der Waals surface area contributed by atoms with E-state index in [0.29, 0.717) is 11.6 Å². The molecule has 0 spiro atoms. The summed E-state index contributed by atoms with van der Waals surface area (Å²) in [6, 6.07) is 3.47. The van der Waals surface area contributed by atoms with E-state index in [0.717, 1.165) is 22.9 Å². The van der Waals surface area contributed by atoms with E-state index in [1.807, 2.05) is 6.07 Å². The van der Waals surface area contributed by atoms with E-state index >= 15 is 0 Å². The third kappa shape index (κ3) is 2.51. The second-order valence-corrected chi connectivity index (χ2v) is 5.51. The van der Waals surface area contributed by atoms with Gasteiger partial charge in [-0.25, -0.2) is 0 Å². The first-order valence-corrected chi connectivity index (χ1v) is 6.26. The van der Waals surface area contributed by atoms with Crippen LogP contribution in [-0.2, 0) is 6.54 Å². The second-order valence-electron chi connectivity index (χ2n) is 4.19. The molecule has 1 aromatic carbocycles. The lowest BCUT2D eigenvalue weighted by Crippen LogP contribution is -2.34. The normalized spacial score (nSPS) is 17.4. The maximum Gasteiger partial charge on any atom is 0.138 e. The standard InChI is InChI=1S/C11H13BrClNO2/c12-8-3-7(10(16)9(13)4-8)5-14-11(6-15)1-2-11/h3-4,14-16H,1-2,5-6H2. The van der Waals surface area contributed by atoms with Gasteiger partial charge in [-0.2, -0.15) is 0 Å². The van der Waals surface area contributed by atoms with Crippen molar-refractivity contribution in [1.82, 2.24) is 5.32 Å². The molecule has 0 aromatic heterocycles. The van der Waals surface area contributed by atoms with Gasteiger partial charge in [0, 0.05) is 22.1 Å². The van der Waals surface area contributed by atoms with Crippen molar-refractivity contribution in [1.29, 1.82) is 0 Å². The van der Waals surface area contributed by atoms with Gasteiger partial charge in [-0.05, 0) is 25.0 Å². The summed E-state index contributed by atoms with van der Waals surface area (Å²) in [5.41, 5.74) is 0.598. The maximum absolute atomic E-state index is 9.76. The summed E-state index contributed by atoms with van der Waals surface area (Å²) in [6.07, 6.45) is 1.96. The van der Waals surface area contributed by atoms with Gasteiger partial charge in [-0.15, -0.1) is 0 Å². The lowest BCUT2D eigenvalue weighted by Gasteiger charge is -2.15. The molecule has 0 heterocycles. The SMILES string of the molecule is OCC1(NCc2cc(Br)cc(Cl)c2O)CC1. The fourth-order valence-electron chi connectivity index (χ4n) is 1.58. The summed E-state index contributed by atoms with van der Waals surface area (Å²) in [5.74, 6) is 0.103. The van der Waals surface area contributed by atoms with Crippen molar-refractivity contribution in [3.05, 3.63) is 27.2 Å². The molecular weight excluding hydrogens is 293 g/mol. The zero-order valence-corrected chi connectivity index (χ0v) is 11.0. The highest BCUT2D eigenvalue weighted by molar-refractivity contribution is 9.10. The molecule has 5 heteroatoms. The molecule has 0 saturated heterocycles. The molecule has 1 saturated carbocycles. The quantitative estimate of drug-likeness (QED) is 0.801. The lowest BCUT2D eigenvalue weighted by atomic mass is 10.2. The van der Waals surface area contributed by atoms with Gasteiger partial charge in [-0.3, -0.25) is 0 Å². The zero-order chi connectivity index (χ0) is 11.8. The number of hydrogen-bond donors (Lipinski definition) is 3. The van der Waals surface area contributed by atoms with Crippen molar-refractivity contribution in [2.45, 2.75) is 24.9 Å². The van der Waals surface area contributed by atoms with Crippen LogP contribution in [0, 0.1) is 0 Å². The monoisotopic (exact) mass is 305 g/mol. The molecule has 88 valence electrons. The van der Waals surface area contributed by atoms with E-state index in [4.69, 9.17) is 16.7 Å². The topological polar surface area (TPSA) is 52.5 Å². The van der Waals surface area contributed by atoms with Gasteiger partial charge in [0.25, 0.3) is 0 Å². The Bertz CT molecular complexity index is 407. The molecule has 16 heavy (non-hydrogen) atoms. The Hall–Kier alpha value is -0.290. The summed E-state index contributed by atoms with van der Waals surface area (Å²) < 4.78 is 0.834. The molecule has 0 atom stereocenters. The van der Waals surface area contributed by atoms with Crippen molar-refractivity contribution < 1.29 is 10.2 Å². The molecule has 0 radical (unpaired) electrons. The Morgan fingerprint density at radius 1 is 1.44 bits per heavy atom. The first kappa shape index (κ1) is 12.2. The molecule has 3 nitrogen and oxygen atoms in total. The molecule has 1 aliphatic rings. The number of aliphatic hydroxyl groups is 1.